The molecule has 0 spiro atoms. The maximum Gasteiger partial charge on any atom is 0.294 e. The molecule has 1 aromatic heterocycles. The first-order valence-corrected chi connectivity index (χ1v) is 7.65. The lowest BCUT2D eigenvalue weighted by molar-refractivity contribution is 0.0958. The van der Waals surface area contributed by atoms with Gasteiger partial charge in [-0.3, -0.25) is 4.79 Å². The van der Waals surface area contributed by atoms with Crippen molar-refractivity contribution in [3.8, 4) is 0 Å². The molecule has 1 aromatic carbocycles. The Kier molecular flexibility index (Phi) is 3.41. The van der Waals surface area contributed by atoms with Crippen LogP contribution in [0.5, 0.6) is 0 Å². The fourth-order valence-electron chi connectivity index (χ4n) is 2.14. The lowest BCUT2D eigenvalue weighted by Gasteiger charge is -2.32. The topological polar surface area (TPSA) is 33.5 Å². The number of fused-ring (bicyclic) bond motifs is 1. The van der Waals surface area contributed by atoms with Crippen molar-refractivity contribution < 1.29 is 9.21 Å². The highest BCUT2D eigenvalue weighted by Crippen LogP contribution is 2.38. The first kappa shape index (κ1) is 12.8. The lowest BCUT2D eigenvalue weighted by Crippen LogP contribution is -2.38. The average molecular weight is 338 g/mol. The van der Waals surface area contributed by atoms with Gasteiger partial charge in [-0.05, 0) is 40.2 Å². The van der Waals surface area contributed by atoms with Crippen molar-refractivity contribution in [2.75, 3.05) is 11.4 Å². The molecule has 0 N–H and O–H groups in total. The minimum atomic E-state index is -0.0923. The zero-order chi connectivity index (χ0) is 13.4. The van der Waals surface area contributed by atoms with E-state index in [0.29, 0.717) is 22.2 Å². The molecule has 5 heteroatoms. The molecule has 1 aliphatic rings. The van der Waals surface area contributed by atoms with Gasteiger partial charge in [0, 0.05) is 16.7 Å². The van der Waals surface area contributed by atoms with Gasteiger partial charge in [0.15, 0.2) is 10.4 Å². The molecule has 3 nitrogen and oxygen atoms in total. The summed E-state index contributed by atoms with van der Waals surface area (Å²) in [7, 11) is 0. The normalized spacial score (nSPS) is 18.2. The van der Waals surface area contributed by atoms with Gasteiger partial charge in [-0.1, -0.05) is 19.1 Å². The molecule has 0 saturated carbocycles. The van der Waals surface area contributed by atoms with E-state index in [1.807, 2.05) is 24.3 Å². The highest BCUT2D eigenvalue weighted by molar-refractivity contribution is 9.10. The van der Waals surface area contributed by atoms with E-state index in [1.54, 1.807) is 28.8 Å². The molecule has 2 aromatic rings. The fraction of sp³-hybridized carbons (Fsp3) is 0.214. The van der Waals surface area contributed by atoms with Crippen molar-refractivity contribution in [2.45, 2.75) is 17.1 Å². The summed E-state index contributed by atoms with van der Waals surface area (Å²) in [6.07, 6.45) is 0. The summed E-state index contributed by atoms with van der Waals surface area (Å²) in [5.74, 6) is 0.270. The maximum absolute atomic E-state index is 12.5. The molecule has 1 atom stereocenters. The minimum absolute atomic E-state index is 0.0923. The van der Waals surface area contributed by atoms with Crippen LogP contribution in [0.4, 0.5) is 5.69 Å². The molecule has 19 heavy (non-hydrogen) atoms. The Hall–Kier alpha value is -1.20. The Morgan fingerprint density at radius 2 is 2.16 bits per heavy atom. The third-order valence-electron chi connectivity index (χ3n) is 2.95. The van der Waals surface area contributed by atoms with Crippen molar-refractivity contribution in [3.05, 3.63) is 46.8 Å². The molecule has 0 aliphatic carbocycles. The summed E-state index contributed by atoms with van der Waals surface area (Å²) in [6.45, 7) is 2.82. The molecule has 98 valence electrons. The fourth-order valence-corrected chi connectivity index (χ4v) is 3.56. The van der Waals surface area contributed by atoms with E-state index in [4.69, 9.17) is 4.42 Å². The molecule has 1 aliphatic heterocycles. The number of amides is 1. The van der Waals surface area contributed by atoms with Crippen molar-refractivity contribution in [1.82, 2.24) is 0 Å². The minimum Gasteiger partial charge on any atom is -0.444 e. The summed E-state index contributed by atoms with van der Waals surface area (Å²) in [4.78, 5) is 15.5. The van der Waals surface area contributed by atoms with Crippen LogP contribution < -0.4 is 4.90 Å². The van der Waals surface area contributed by atoms with Crippen molar-refractivity contribution >= 4 is 39.3 Å². The molecular weight excluding hydrogens is 326 g/mol. The summed E-state index contributed by atoms with van der Waals surface area (Å²) in [5, 5.41) is 0.372. The van der Waals surface area contributed by atoms with Gasteiger partial charge >= 0.3 is 0 Å². The Morgan fingerprint density at radius 3 is 2.89 bits per heavy atom. The second kappa shape index (κ2) is 5.06. The smallest absolute Gasteiger partial charge is 0.294 e. The lowest BCUT2D eigenvalue weighted by atomic mass is 10.2. The summed E-state index contributed by atoms with van der Waals surface area (Å²) in [5.41, 5.74) is 0.961. The van der Waals surface area contributed by atoms with E-state index < -0.39 is 0 Å². The molecule has 2 heterocycles. The van der Waals surface area contributed by atoms with Gasteiger partial charge in [0.2, 0.25) is 0 Å². The number of furan rings is 1. The van der Waals surface area contributed by atoms with E-state index in [0.717, 1.165) is 10.6 Å². The average Bonchev–Trinajstić information content (AvgIpc) is 2.83. The van der Waals surface area contributed by atoms with Crippen LogP contribution in [0.15, 0.2) is 50.4 Å². The van der Waals surface area contributed by atoms with Gasteiger partial charge in [0.05, 0.1) is 5.69 Å². The van der Waals surface area contributed by atoms with Gasteiger partial charge < -0.3 is 9.32 Å². The van der Waals surface area contributed by atoms with Crippen molar-refractivity contribution in [1.29, 1.82) is 0 Å². The van der Waals surface area contributed by atoms with Crippen LogP contribution in [0, 0.1) is 0 Å². The zero-order valence-corrected chi connectivity index (χ0v) is 12.7. The number of carbonyl (C=O) groups excluding carboxylic acids is 1. The second-order valence-corrected chi connectivity index (χ2v) is 6.68. The first-order valence-electron chi connectivity index (χ1n) is 5.98. The van der Waals surface area contributed by atoms with Crippen LogP contribution in [0.25, 0.3) is 0 Å². The van der Waals surface area contributed by atoms with E-state index in [1.165, 1.54) is 0 Å². The standard InChI is InChI=1S/C14H12BrNO2S/c1-9-8-16(10-4-2-3-5-12(10)19-9)14(17)11-6-7-13(15)18-11/h2-7,9H,8H2,1H3. The van der Waals surface area contributed by atoms with E-state index in [-0.39, 0.29) is 5.91 Å². The van der Waals surface area contributed by atoms with Gasteiger partial charge in [-0.15, -0.1) is 11.8 Å². The Bertz CT molecular complexity index is 625. The third kappa shape index (κ3) is 2.44. The monoisotopic (exact) mass is 337 g/mol. The number of nitrogens with zero attached hydrogens (tertiary/aromatic N) is 1. The number of benzene rings is 1. The molecule has 0 radical (unpaired) electrons. The maximum atomic E-state index is 12.5. The number of hydrogen-bond donors (Lipinski definition) is 0. The van der Waals surface area contributed by atoms with Crippen molar-refractivity contribution in [2.24, 2.45) is 0 Å². The number of thioether (sulfide) groups is 1. The summed E-state index contributed by atoms with van der Waals surface area (Å²) in [6, 6.07) is 11.4. The van der Waals surface area contributed by atoms with Crippen LogP contribution in [-0.4, -0.2) is 17.7 Å². The van der Waals surface area contributed by atoms with Gasteiger partial charge in [0.1, 0.15) is 0 Å². The van der Waals surface area contributed by atoms with Crippen LogP contribution >= 0.6 is 27.7 Å². The molecule has 0 saturated heterocycles. The zero-order valence-electron chi connectivity index (χ0n) is 10.3. The largest absolute Gasteiger partial charge is 0.444 e. The van der Waals surface area contributed by atoms with Crippen LogP contribution in [0.1, 0.15) is 17.5 Å². The summed E-state index contributed by atoms with van der Waals surface area (Å²) >= 11 is 5.03. The molecule has 3 rings (SSSR count). The Morgan fingerprint density at radius 1 is 1.37 bits per heavy atom. The number of anilines is 1. The predicted octanol–water partition coefficient (Wildman–Crippen LogP) is 4.18. The number of hydrogen-bond acceptors (Lipinski definition) is 3. The van der Waals surface area contributed by atoms with Gasteiger partial charge in [0.25, 0.3) is 5.91 Å². The molecule has 1 amide bonds. The van der Waals surface area contributed by atoms with Crippen LogP contribution in [0.2, 0.25) is 0 Å². The predicted molar refractivity (Wildman–Crippen MR) is 79.8 cm³/mol. The second-order valence-electron chi connectivity index (χ2n) is 4.42. The van der Waals surface area contributed by atoms with Gasteiger partial charge in [-0.2, -0.15) is 0 Å². The Labute approximate surface area is 124 Å². The highest BCUT2D eigenvalue weighted by atomic mass is 79.9. The van der Waals surface area contributed by atoms with E-state index in [9.17, 15) is 4.79 Å². The van der Waals surface area contributed by atoms with Gasteiger partial charge in [-0.25, -0.2) is 0 Å². The molecule has 1 unspecified atom stereocenters. The van der Waals surface area contributed by atoms with Crippen molar-refractivity contribution in [3.63, 3.8) is 0 Å². The first-order chi connectivity index (χ1) is 9.15. The SMILES string of the molecule is CC1CN(C(=O)c2ccc(Br)o2)c2ccccc2S1. The van der Waals surface area contributed by atoms with Crippen LogP contribution in [-0.2, 0) is 0 Å². The number of rotatable bonds is 1. The molecule has 0 bridgehead atoms. The summed E-state index contributed by atoms with van der Waals surface area (Å²) < 4.78 is 5.94. The number of para-hydroxylation sites is 1. The third-order valence-corrected chi connectivity index (χ3v) is 4.53. The highest BCUT2D eigenvalue weighted by Gasteiger charge is 2.28. The quantitative estimate of drug-likeness (QED) is 0.782. The number of carbonyl (C=O) groups is 1. The number of halogens is 1. The van der Waals surface area contributed by atoms with E-state index >= 15 is 0 Å². The molecular formula is C14H12BrNO2S. The van der Waals surface area contributed by atoms with Crippen LogP contribution in [0.3, 0.4) is 0 Å². The Balaban J connectivity index is 1.99. The molecule has 0 fully saturated rings. The van der Waals surface area contributed by atoms with E-state index in [2.05, 4.69) is 22.9 Å².